The van der Waals surface area contributed by atoms with Gasteiger partial charge >= 0.3 is 41.5 Å². The smallest absolute Gasteiger partial charge is 0.870 e. The molecule has 1 atom stereocenters. The second-order valence-electron chi connectivity index (χ2n) is 26.0. The predicted molar refractivity (Wildman–Crippen MR) is 321 cm³/mol. The van der Waals surface area contributed by atoms with Crippen molar-refractivity contribution >= 4 is 23.8 Å². The summed E-state index contributed by atoms with van der Waals surface area (Å²) in [6.07, 6.45) is 19.0. The number of pyridine rings is 2. The van der Waals surface area contributed by atoms with Crippen LogP contribution >= 0.6 is 0 Å². The Balaban J connectivity index is 0.000000181. The number of aromatic carboxylic acids is 1. The Morgan fingerprint density at radius 2 is 0.976 bits per heavy atom. The average Bonchev–Trinajstić information content (AvgIpc) is 2.61. The van der Waals surface area contributed by atoms with Gasteiger partial charge in [0.1, 0.15) is 11.5 Å². The molecule has 0 spiro atoms. The number of hydrogen-bond acceptors (Lipinski definition) is 13. The van der Waals surface area contributed by atoms with E-state index < -0.39 is 11.9 Å². The normalized spacial score (nSPS) is 21.0. The second kappa shape index (κ2) is 28.0. The van der Waals surface area contributed by atoms with E-state index in [1.807, 2.05) is 9.80 Å². The summed E-state index contributed by atoms with van der Waals surface area (Å²) in [7, 11) is 1.36. The van der Waals surface area contributed by atoms with E-state index in [9.17, 15) is 24.3 Å². The molecule has 1 unspecified atom stereocenters. The maximum Gasteiger partial charge on any atom is 1.00 e. The molecule has 2 aromatic heterocycles. The molecule has 4 aliphatic carbocycles. The molecule has 7 heterocycles. The standard InChI is InChI=1S/C32H41N3O4.C31H39N3O4.C5H10O.Na.H2O/c1-19(2)39-30-17-27(22-7-8-22)26(21-5-6-21)15-23(30)18-34-12-9-24(10-13-34)35-14-11-29-28(31(35)36)16-25(20(3)33-29)32(37)38-4;1-18(2)38-29-16-26(21-6-7-21)25(20-4-5-20)14-22(29)17-33-11-8-23(9-12-33)34-13-10-28-27(30(34)35)15-24(31(36)37)19(3)32-28;1-5-3-2-4-6-5;;/h15-17,19,21-22,24H,5-14,18H2,1-4H3;14-16,18,20-21,23H,4-13,17H2,1-3H3,(H,36,37);5H,2-4H2,1H3;;1H2/q;;;+1;/p-1. The Hall–Kier alpha value is -4.94. The number of carbonyl (C=O) groups is 4. The van der Waals surface area contributed by atoms with Gasteiger partial charge in [0.05, 0.1) is 70.5 Å². The number of esters is 1. The number of carboxylic acid groups (broad SMARTS) is 1. The summed E-state index contributed by atoms with van der Waals surface area (Å²) in [6.45, 7) is 21.9. The first-order chi connectivity index (χ1) is 40.0. The Kier molecular flexibility index (Phi) is 21.3. The van der Waals surface area contributed by atoms with Crippen LogP contribution in [0.2, 0.25) is 0 Å². The van der Waals surface area contributed by atoms with Crippen LogP contribution in [-0.2, 0) is 35.4 Å². The zero-order valence-corrected chi connectivity index (χ0v) is 54.2. The molecule has 2 aromatic carbocycles. The Morgan fingerprint density at radius 3 is 1.31 bits per heavy atom. The Morgan fingerprint density at radius 1 is 0.588 bits per heavy atom. The first-order valence-corrected chi connectivity index (χ1v) is 31.7. The Labute approximate surface area is 526 Å². The minimum Gasteiger partial charge on any atom is -0.870 e. The molecule has 13 rings (SSSR count). The minimum absolute atomic E-state index is 0. The fourth-order valence-corrected chi connectivity index (χ4v) is 13.5. The topological polar surface area (TPSA) is 194 Å². The van der Waals surface area contributed by atoms with Crippen molar-refractivity contribution in [3.05, 3.63) is 115 Å². The number of aromatic nitrogens is 2. The van der Waals surface area contributed by atoms with E-state index in [0.29, 0.717) is 53.7 Å². The first-order valence-electron chi connectivity index (χ1n) is 31.7. The van der Waals surface area contributed by atoms with Gasteiger partial charge in [0, 0.05) is 95.0 Å². The Bertz CT molecular complexity index is 3060. The van der Waals surface area contributed by atoms with Crippen LogP contribution in [-0.4, -0.2) is 147 Å². The number of aryl methyl sites for hydroxylation is 2. The van der Waals surface area contributed by atoms with Crippen LogP contribution in [0.25, 0.3) is 0 Å². The number of carbonyl (C=O) groups excluding carboxylic acids is 3. The first kappa shape index (κ1) is 64.5. The largest absolute Gasteiger partial charge is 1.00 e. The fraction of sp³-hybridized carbons (Fsp3) is 0.618. The molecule has 454 valence electrons. The van der Waals surface area contributed by atoms with E-state index in [0.717, 1.165) is 125 Å². The molecule has 2 N–H and O–H groups in total. The predicted octanol–water partition coefficient (Wildman–Crippen LogP) is 8.69. The van der Waals surface area contributed by atoms with Gasteiger partial charge in [-0.15, -0.1) is 0 Å². The molecule has 9 aliphatic rings. The number of carboxylic acids is 1. The number of amides is 2. The molecule has 2 amide bonds. The summed E-state index contributed by atoms with van der Waals surface area (Å²) in [4.78, 5) is 68.7. The monoisotopic (exact) mass is 1170 g/mol. The van der Waals surface area contributed by atoms with Gasteiger partial charge in [0.2, 0.25) is 0 Å². The van der Waals surface area contributed by atoms with E-state index in [4.69, 9.17) is 18.9 Å². The van der Waals surface area contributed by atoms with Crippen molar-refractivity contribution in [3.63, 3.8) is 0 Å². The van der Waals surface area contributed by atoms with Crippen LogP contribution in [0.3, 0.4) is 0 Å². The van der Waals surface area contributed by atoms with Crippen molar-refractivity contribution in [3.8, 4) is 11.5 Å². The molecular formula is C68H91N6NaO10. The van der Waals surface area contributed by atoms with E-state index in [1.165, 1.54) is 94.1 Å². The molecule has 85 heavy (non-hydrogen) atoms. The molecular weight excluding hydrogens is 1080 g/mol. The molecule has 4 aromatic rings. The van der Waals surface area contributed by atoms with Crippen molar-refractivity contribution in [2.75, 3.05) is 53.0 Å². The zero-order valence-electron chi connectivity index (χ0n) is 52.2. The summed E-state index contributed by atoms with van der Waals surface area (Å²) in [5, 5.41) is 9.50. The van der Waals surface area contributed by atoms with Gasteiger partial charge in [0.15, 0.2) is 0 Å². The van der Waals surface area contributed by atoms with Gasteiger partial charge in [0.25, 0.3) is 11.8 Å². The maximum atomic E-state index is 13.5. The maximum absolute atomic E-state index is 13.5. The van der Waals surface area contributed by atoms with Gasteiger partial charge in [-0.2, -0.15) is 0 Å². The molecule has 16 nitrogen and oxygen atoms in total. The van der Waals surface area contributed by atoms with Crippen LogP contribution in [0, 0.1) is 13.8 Å². The summed E-state index contributed by atoms with van der Waals surface area (Å²) in [5.41, 5.74) is 12.9. The number of nitrogens with zero attached hydrogens (tertiary/aromatic N) is 6. The SMILES string of the molecule is CC1CCCO1.COC(=O)c1cc2c(nc1C)CCN(C1CCN(Cc3cc(C4CC4)c(C4CC4)cc3OC(C)C)CC1)C2=O.Cc1nc2c(cc1C(=O)O)C(=O)N(C1CCN(Cc3cc(C4CC4)c(C4CC4)cc3OC(C)C)CC1)CC2.[Na+].[OH-]. The van der Waals surface area contributed by atoms with E-state index in [2.05, 4.69) is 78.7 Å². The number of likely N-dealkylation sites (tertiary alicyclic amines) is 2. The van der Waals surface area contributed by atoms with E-state index in [1.54, 1.807) is 36.6 Å². The molecule has 3 saturated heterocycles. The quantitative estimate of drug-likeness (QED) is 0.0827. The second-order valence-corrected chi connectivity index (χ2v) is 26.0. The molecule has 0 bridgehead atoms. The molecule has 4 saturated carbocycles. The number of hydrogen-bond donors (Lipinski definition) is 1. The summed E-state index contributed by atoms with van der Waals surface area (Å²) in [5.74, 6) is 3.47. The van der Waals surface area contributed by atoms with Gasteiger partial charge in [-0.1, -0.05) is 12.1 Å². The summed E-state index contributed by atoms with van der Waals surface area (Å²) < 4.78 is 22.7. The zero-order chi connectivity index (χ0) is 58.2. The van der Waals surface area contributed by atoms with E-state index >= 15 is 0 Å². The molecule has 17 heteroatoms. The molecule has 7 fully saturated rings. The number of piperidine rings is 2. The van der Waals surface area contributed by atoms with Crippen molar-refractivity contribution in [1.29, 1.82) is 0 Å². The van der Waals surface area contributed by atoms with Gasteiger partial charge in [-0.3, -0.25) is 29.4 Å². The van der Waals surface area contributed by atoms with Crippen LogP contribution in [0.1, 0.15) is 246 Å². The van der Waals surface area contributed by atoms with Crippen LogP contribution < -0.4 is 39.0 Å². The fourth-order valence-electron chi connectivity index (χ4n) is 13.5. The number of rotatable bonds is 16. The third-order valence-corrected chi connectivity index (χ3v) is 18.6. The van der Waals surface area contributed by atoms with Crippen LogP contribution in [0.5, 0.6) is 11.5 Å². The third kappa shape index (κ3) is 15.5. The summed E-state index contributed by atoms with van der Waals surface area (Å²) in [6, 6.07) is 13.2. The van der Waals surface area contributed by atoms with Gasteiger partial charge in [-0.25, -0.2) is 9.59 Å². The van der Waals surface area contributed by atoms with Crippen molar-refractivity contribution in [2.45, 2.75) is 218 Å². The number of benzene rings is 2. The third-order valence-electron chi connectivity index (χ3n) is 18.6. The average molecular weight is 1180 g/mol. The summed E-state index contributed by atoms with van der Waals surface area (Å²) >= 11 is 0. The number of methoxy groups -OCH3 is 1. The van der Waals surface area contributed by atoms with Crippen molar-refractivity contribution < 1.29 is 78.3 Å². The van der Waals surface area contributed by atoms with Crippen molar-refractivity contribution in [1.82, 2.24) is 29.6 Å². The van der Waals surface area contributed by atoms with E-state index in [-0.39, 0.29) is 76.7 Å². The molecule has 5 aliphatic heterocycles. The van der Waals surface area contributed by atoms with Crippen LogP contribution in [0.15, 0.2) is 36.4 Å². The molecule has 0 radical (unpaired) electrons. The minimum atomic E-state index is -1.04. The van der Waals surface area contributed by atoms with Gasteiger partial charge < -0.3 is 39.3 Å². The van der Waals surface area contributed by atoms with Crippen molar-refractivity contribution in [2.24, 2.45) is 0 Å². The number of ether oxygens (including phenoxy) is 4. The van der Waals surface area contributed by atoms with Crippen LogP contribution in [0.4, 0.5) is 0 Å². The number of fused-ring (bicyclic) bond motifs is 2. The van der Waals surface area contributed by atoms with Gasteiger partial charge in [-0.05, 0) is 209 Å².